The monoisotopic (exact) mass is 339 g/mol. The number of nitrogens with one attached hydrogen (secondary N) is 1. The molecule has 1 aromatic carbocycles. The Bertz CT molecular complexity index is 908. The van der Waals surface area contributed by atoms with Crippen molar-refractivity contribution in [3.05, 3.63) is 34.7 Å². The van der Waals surface area contributed by atoms with Crippen LogP contribution in [0.25, 0.3) is 10.9 Å². The molecule has 1 atom stereocenters. The van der Waals surface area contributed by atoms with Crippen molar-refractivity contribution in [2.45, 2.75) is 12.5 Å². The second-order valence-electron chi connectivity index (χ2n) is 5.16. The number of benzene rings is 1. The highest BCUT2D eigenvalue weighted by Crippen LogP contribution is 2.34. The number of fused-ring (bicyclic) bond motifs is 1. The van der Waals surface area contributed by atoms with Crippen LogP contribution in [0.2, 0.25) is 5.02 Å². The maximum absolute atomic E-state index is 13.9. The van der Waals surface area contributed by atoms with Crippen LogP contribution in [0.3, 0.4) is 0 Å². The summed E-state index contributed by atoms with van der Waals surface area (Å²) >= 11 is 6.13. The van der Waals surface area contributed by atoms with E-state index in [2.05, 4.69) is 10.3 Å². The summed E-state index contributed by atoms with van der Waals surface area (Å²) in [5.41, 5.74) is 0.582. The molecule has 0 aliphatic carbocycles. The van der Waals surface area contributed by atoms with Gasteiger partial charge in [-0.15, -0.1) is 0 Å². The van der Waals surface area contributed by atoms with E-state index < -0.39 is 15.7 Å². The third-order valence-corrected chi connectivity index (χ3v) is 5.70. The largest absolute Gasteiger partial charge is 0.380 e. The average Bonchev–Trinajstić information content (AvgIpc) is 2.82. The van der Waals surface area contributed by atoms with Gasteiger partial charge in [-0.25, -0.2) is 12.8 Å². The third-order valence-electron chi connectivity index (χ3n) is 3.62. The summed E-state index contributed by atoms with van der Waals surface area (Å²) in [4.78, 5) is 3.94. The molecule has 1 aromatic heterocycles. The first-order valence-corrected chi connectivity index (χ1v) is 8.75. The lowest BCUT2D eigenvalue weighted by molar-refractivity contribution is 0.602. The van der Waals surface area contributed by atoms with Gasteiger partial charge in [0, 0.05) is 17.6 Å². The van der Waals surface area contributed by atoms with Crippen LogP contribution in [-0.2, 0) is 9.84 Å². The zero-order valence-corrected chi connectivity index (χ0v) is 12.9. The molecule has 1 fully saturated rings. The molecule has 0 amide bonds. The second-order valence-corrected chi connectivity index (χ2v) is 7.79. The molecule has 0 spiro atoms. The molecule has 8 heteroatoms. The van der Waals surface area contributed by atoms with E-state index in [9.17, 15) is 18.1 Å². The van der Waals surface area contributed by atoms with Gasteiger partial charge in [0.15, 0.2) is 9.84 Å². The molecule has 2 aromatic rings. The van der Waals surface area contributed by atoms with E-state index >= 15 is 0 Å². The summed E-state index contributed by atoms with van der Waals surface area (Å²) in [5, 5.41) is 12.8. The van der Waals surface area contributed by atoms with E-state index in [1.54, 1.807) is 0 Å². The lowest BCUT2D eigenvalue weighted by Gasteiger charge is -2.16. The van der Waals surface area contributed by atoms with Crippen molar-refractivity contribution in [1.82, 2.24) is 4.98 Å². The van der Waals surface area contributed by atoms with Crippen LogP contribution in [0.15, 0.2) is 18.3 Å². The SMILES string of the molecule is N#Cc1cnc2c(F)ccc(Cl)c2c1NC1CCS(=O)(=O)C1. The van der Waals surface area contributed by atoms with E-state index in [1.807, 2.05) is 6.07 Å². The fourth-order valence-corrected chi connectivity index (χ4v) is 4.50. The molecule has 5 nitrogen and oxygen atoms in total. The van der Waals surface area contributed by atoms with Crippen LogP contribution in [0.1, 0.15) is 12.0 Å². The summed E-state index contributed by atoms with van der Waals surface area (Å²) in [6.07, 6.45) is 1.69. The Morgan fingerprint density at radius 1 is 1.45 bits per heavy atom. The van der Waals surface area contributed by atoms with E-state index in [0.717, 1.165) is 0 Å². The van der Waals surface area contributed by atoms with Crippen LogP contribution in [-0.4, -0.2) is 30.9 Å². The molecular formula is C14H11ClFN3O2S. The normalized spacial score (nSPS) is 20.0. The van der Waals surface area contributed by atoms with E-state index in [-0.39, 0.29) is 33.7 Å². The number of rotatable bonds is 2. The predicted molar refractivity (Wildman–Crippen MR) is 82.1 cm³/mol. The number of hydrogen-bond donors (Lipinski definition) is 1. The molecule has 1 aliphatic heterocycles. The molecule has 1 unspecified atom stereocenters. The molecule has 0 bridgehead atoms. The number of nitrogens with zero attached hydrogens (tertiary/aromatic N) is 2. The van der Waals surface area contributed by atoms with Crippen LogP contribution >= 0.6 is 11.6 Å². The molecule has 1 aliphatic rings. The predicted octanol–water partition coefficient (Wildman–Crippen LogP) is 2.50. The number of nitriles is 1. The first-order chi connectivity index (χ1) is 10.4. The minimum atomic E-state index is -3.07. The first-order valence-electron chi connectivity index (χ1n) is 6.55. The van der Waals surface area contributed by atoms with Crippen LogP contribution in [0, 0.1) is 17.1 Å². The fraction of sp³-hybridized carbons (Fsp3) is 0.286. The Morgan fingerprint density at radius 2 is 2.23 bits per heavy atom. The number of pyridine rings is 1. The average molecular weight is 340 g/mol. The minimum Gasteiger partial charge on any atom is -0.380 e. The van der Waals surface area contributed by atoms with Crippen molar-refractivity contribution in [3.8, 4) is 6.07 Å². The fourth-order valence-electron chi connectivity index (χ4n) is 2.58. The quantitative estimate of drug-likeness (QED) is 0.908. The standard InChI is InChI=1S/C14H11ClFN3O2S/c15-10-1-2-11(16)14-12(10)13(8(5-17)6-18-14)19-9-3-4-22(20,21)7-9/h1-2,6,9H,3-4,7H2,(H,18,19). The Kier molecular flexibility index (Phi) is 3.67. The second kappa shape index (κ2) is 5.38. The smallest absolute Gasteiger partial charge is 0.152 e. The highest BCUT2D eigenvalue weighted by atomic mass is 35.5. The van der Waals surface area contributed by atoms with Crippen LogP contribution < -0.4 is 5.32 Å². The zero-order chi connectivity index (χ0) is 15.9. The van der Waals surface area contributed by atoms with Gasteiger partial charge < -0.3 is 5.32 Å². The molecule has 1 N–H and O–H groups in total. The van der Waals surface area contributed by atoms with Gasteiger partial charge >= 0.3 is 0 Å². The van der Waals surface area contributed by atoms with Crippen LogP contribution in [0.4, 0.5) is 10.1 Å². The van der Waals surface area contributed by atoms with Crippen molar-refractivity contribution >= 4 is 38.0 Å². The Balaban J connectivity index is 2.15. The number of anilines is 1. The van der Waals surface area contributed by atoms with Crippen molar-refractivity contribution in [3.63, 3.8) is 0 Å². The molecule has 2 heterocycles. The molecule has 114 valence electrons. The lowest BCUT2D eigenvalue weighted by atomic mass is 10.1. The van der Waals surface area contributed by atoms with Crippen molar-refractivity contribution in [1.29, 1.82) is 5.26 Å². The molecule has 3 rings (SSSR count). The highest BCUT2D eigenvalue weighted by Gasteiger charge is 2.29. The molecule has 0 saturated carbocycles. The van der Waals surface area contributed by atoms with Gasteiger partial charge in [-0.3, -0.25) is 4.98 Å². The number of halogens is 2. The molecular weight excluding hydrogens is 329 g/mol. The van der Waals surface area contributed by atoms with Crippen molar-refractivity contribution in [2.24, 2.45) is 0 Å². The van der Waals surface area contributed by atoms with E-state index in [0.29, 0.717) is 17.5 Å². The van der Waals surface area contributed by atoms with Gasteiger partial charge in [0.25, 0.3) is 0 Å². The molecule has 22 heavy (non-hydrogen) atoms. The van der Waals surface area contributed by atoms with E-state index in [1.165, 1.54) is 18.3 Å². The summed E-state index contributed by atoms with van der Waals surface area (Å²) < 4.78 is 37.0. The van der Waals surface area contributed by atoms with Gasteiger partial charge in [-0.05, 0) is 18.6 Å². The van der Waals surface area contributed by atoms with Gasteiger partial charge in [0.2, 0.25) is 0 Å². The lowest BCUT2D eigenvalue weighted by Crippen LogP contribution is -2.21. The van der Waals surface area contributed by atoms with Crippen molar-refractivity contribution < 1.29 is 12.8 Å². The third kappa shape index (κ3) is 2.60. The maximum atomic E-state index is 13.9. The summed E-state index contributed by atoms with van der Waals surface area (Å²) in [7, 11) is -3.07. The Labute approximate surface area is 131 Å². The highest BCUT2D eigenvalue weighted by molar-refractivity contribution is 7.91. The van der Waals surface area contributed by atoms with E-state index in [4.69, 9.17) is 11.6 Å². The summed E-state index contributed by atoms with van der Waals surface area (Å²) in [5.74, 6) is -0.474. The number of aromatic nitrogens is 1. The van der Waals surface area contributed by atoms with Gasteiger partial charge in [0.05, 0.1) is 27.8 Å². The van der Waals surface area contributed by atoms with Gasteiger partial charge in [-0.1, -0.05) is 11.6 Å². The Morgan fingerprint density at radius 3 is 2.86 bits per heavy atom. The minimum absolute atomic E-state index is 0.0192. The summed E-state index contributed by atoms with van der Waals surface area (Å²) in [6.45, 7) is 0. The molecule has 1 saturated heterocycles. The number of sulfone groups is 1. The Hall–Kier alpha value is -1.91. The first kappa shape index (κ1) is 15.0. The summed E-state index contributed by atoms with van der Waals surface area (Å²) in [6, 6.07) is 4.23. The number of hydrogen-bond acceptors (Lipinski definition) is 5. The topological polar surface area (TPSA) is 82.8 Å². The van der Waals surface area contributed by atoms with Gasteiger partial charge in [-0.2, -0.15) is 5.26 Å². The van der Waals surface area contributed by atoms with Crippen LogP contribution in [0.5, 0.6) is 0 Å². The van der Waals surface area contributed by atoms with Crippen molar-refractivity contribution in [2.75, 3.05) is 16.8 Å². The maximum Gasteiger partial charge on any atom is 0.152 e. The zero-order valence-electron chi connectivity index (χ0n) is 11.3. The van der Waals surface area contributed by atoms with Gasteiger partial charge in [0.1, 0.15) is 17.4 Å². The molecule has 0 radical (unpaired) electrons.